The molecule has 0 aliphatic carbocycles. The van der Waals surface area contributed by atoms with E-state index in [1.54, 1.807) is 46.5 Å². The van der Waals surface area contributed by atoms with E-state index in [0.29, 0.717) is 30.2 Å². The third-order valence-electron chi connectivity index (χ3n) is 4.28. The number of rotatable bonds is 4. The van der Waals surface area contributed by atoms with Crippen molar-refractivity contribution in [3.8, 4) is 0 Å². The molecular formula is C20H17N5O2. The summed E-state index contributed by atoms with van der Waals surface area (Å²) >= 11 is 0. The molecule has 1 aromatic carbocycles. The summed E-state index contributed by atoms with van der Waals surface area (Å²) in [5.74, 6) is 0.294. The van der Waals surface area contributed by atoms with E-state index in [1.807, 2.05) is 30.3 Å². The minimum atomic E-state index is -0.259. The maximum absolute atomic E-state index is 12.7. The Balaban J connectivity index is 1.45. The zero-order chi connectivity index (χ0) is 18.6. The number of aromatic nitrogens is 2. The van der Waals surface area contributed by atoms with Gasteiger partial charge in [-0.1, -0.05) is 18.2 Å². The van der Waals surface area contributed by atoms with Crippen LogP contribution in [0.5, 0.6) is 0 Å². The molecule has 7 heteroatoms. The number of carbonyl (C=O) groups excluding carboxylic acids is 2. The Kier molecular flexibility index (Phi) is 4.49. The van der Waals surface area contributed by atoms with E-state index >= 15 is 0 Å². The van der Waals surface area contributed by atoms with E-state index in [-0.39, 0.29) is 11.9 Å². The molecule has 3 heterocycles. The molecule has 1 saturated heterocycles. The van der Waals surface area contributed by atoms with Gasteiger partial charge < -0.3 is 5.32 Å². The Hall–Kier alpha value is -3.74. The van der Waals surface area contributed by atoms with Crippen molar-refractivity contribution in [1.82, 2.24) is 9.97 Å². The molecule has 1 fully saturated rings. The third-order valence-corrected chi connectivity index (χ3v) is 4.28. The zero-order valence-electron chi connectivity index (χ0n) is 14.4. The first-order valence-corrected chi connectivity index (χ1v) is 8.54. The van der Waals surface area contributed by atoms with Crippen LogP contribution in [0.2, 0.25) is 0 Å². The van der Waals surface area contributed by atoms with Crippen molar-refractivity contribution >= 4 is 29.1 Å². The van der Waals surface area contributed by atoms with E-state index in [1.165, 1.54) is 6.20 Å². The number of benzene rings is 1. The van der Waals surface area contributed by atoms with Gasteiger partial charge >= 0.3 is 6.03 Å². The lowest BCUT2D eigenvalue weighted by Gasteiger charge is -2.18. The number of urea groups is 1. The largest absolute Gasteiger partial charge is 0.330 e. The molecule has 0 bridgehead atoms. The molecule has 1 aliphatic rings. The van der Waals surface area contributed by atoms with Crippen LogP contribution >= 0.6 is 0 Å². The van der Waals surface area contributed by atoms with Gasteiger partial charge in [-0.3, -0.25) is 19.6 Å². The SMILES string of the molecule is O=C(Nc1ccc(N2CCN(c3ccccc3)C2=O)nc1)c1cccnc1. The van der Waals surface area contributed by atoms with Crippen molar-refractivity contribution in [2.45, 2.75) is 0 Å². The third kappa shape index (κ3) is 3.48. The van der Waals surface area contributed by atoms with Crippen LogP contribution in [-0.2, 0) is 0 Å². The number of para-hydroxylation sites is 1. The summed E-state index contributed by atoms with van der Waals surface area (Å²) in [5.41, 5.74) is 1.89. The Bertz CT molecular complexity index is 945. The average molecular weight is 359 g/mol. The Morgan fingerprint density at radius 1 is 0.926 bits per heavy atom. The minimum Gasteiger partial charge on any atom is -0.321 e. The van der Waals surface area contributed by atoms with Crippen LogP contribution in [0, 0.1) is 0 Å². The molecule has 0 unspecified atom stereocenters. The van der Waals surface area contributed by atoms with Crippen molar-refractivity contribution in [1.29, 1.82) is 0 Å². The van der Waals surface area contributed by atoms with Gasteiger partial charge in [0.2, 0.25) is 0 Å². The maximum Gasteiger partial charge on any atom is 0.330 e. The van der Waals surface area contributed by atoms with Crippen LogP contribution in [-0.4, -0.2) is 35.0 Å². The fraction of sp³-hybridized carbons (Fsp3) is 0.100. The molecule has 27 heavy (non-hydrogen) atoms. The van der Waals surface area contributed by atoms with E-state index in [0.717, 1.165) is 5.69 Å². The van der Waals surface area contributed by atoms with Crippen molar-refractivity contribution in [3.63, 3.8) is 0 Å². The van der Waals surface area contributed by atoms with Crippen molar-refractivity contribution in [2.75, 3.05) is 28.2 Å². The molecule has 3 amide bonds. The molecule has 0 saturated carbocycles. The van der Waals surface area contributed by atoms with Gasteiger partial charge in [0, 0.05) is 31.2 Å². The molecule has 2 aromatic heterocycles. The Morgan fingerprint density at radius 2 is 1.74 bits per heavy atom. The topological polar surface area (TPSA) is 78.4 Å². The van der Waals surface area contributed by atoms with Gasteiger partial charge in [-0.05, 0) is 36.4 Å². The molecule has 1 N–H and O–H groups in total. The number of nitrogens with one attached hydrogen (secondary N) is 1. The smallest absolute Gasteiger partial charge is 0.321 e. The molecule has 4 rings (SSSR count). The van der Waals surface area contributed by atoms with Crippen molar-refractivity contribution < 1.29 is 9.59 Å². The Labute approximate surface area is 156 Å². The monoisotopic (exact) mass is 359 g/mol. The average Bonchev–Trinajstić information content (AvgIpc) is 3.11. The number of pyridine rings is 2. The summed E-state index contributed by atoms with van der Waals surface area (Å²) in [5, 5.41) is 2.77. The number of carbonyl (C=O) groups is 2. The van der Waals surface area contributed by atoms with Crippen molar-refractivity contribution in [3.05, 3.63) is 78.8 Å². The lowest BCUT2D eigenvalue weighted by molar-refractivity contribution is 0.102. The van der Waals surface area contributed by atoms with Gasteiger partial charge in [0.15, 0.2) is 0 Å². The molecule has 0 atom stereocenters. The normalized spacial score (nSPS) is 13.7. The number of hydrogen-bond acceptors (Lipinski definition) is 4. The summed E-state index contributed by atoms with van der Waals surface area (Å²) in [6, 6.07) is 16.3. The van der Waals surface area contributed by atoms with Crippen molar-refractivity contribution in [2.24, 2.45) is 0 Å². The van der Waals surface area contributed by atoms with Gasteiger partial charge in [-0.2, -0.15) is 0 Å². The van der Waals surface area contributed by atoms with E-state index in [4.69, 9.17) is 0 Å². The first kappa shape index (κ1) is 16.7. The number of hydrogen-bond donors (Lipinski definition) is 1. The number of nitrogens with zero attached hydrogens (tertiary/aromatic N) is 4. The van der Waals surface area contributed by atoms with E-state index < -0.39 is 0 Å². The molecule has 0 spiro atoms. The summed E-state index contributed by atoms with van der Waals surface area (Å²) in [7, 11) is 0. The molecule has 134 valence electrons. The first-order chi connectivity index (χ1) is 13.2. The molecule has 0 radical (unpaired) electrons. The van der Waals surface area contributed by atoms with Crippen LogP contribution in [0.4, 0.5) is 22.0 Å². The lowest BCUT2D eigenvalue weighted by Crippen LogP contribution is -2.32. The van der Waals surface area contributed by atoms with Gasteiger partial charge in [-0.25, -0.2) is 9.78 Å². The van der Waals surface area contributed by atoms with Crippen LogP contribution in [0.1, 0.15) is 10.4 Å². The highest BCUT2D eigenvalue weighted by Crippen LogP contribution is 2.24. The minimum absolute atomic E-state index is 0.110. The number of anilines is 3. The molecule has 7 nitrogen and oxygen atoms in total. The zero-order valence-corrected chi connectivity index (χ0v) is 14.4. The Morgan fingerprint density at radius 3 is 2.44 bits per heavy atom. The van der Waals surface area contributed by atoms with Gasteiger partial charge in [0.25, 0.3) is 5.91 Å². The van der Waals surface area contributed by atoms with Gasteiger partial charge in [0.05, 0.1) is 17.4 Å². The highest BCUT2D eigenvalue weighted by atomic mass is 16.2. The van der Waals surface area contributed by atoms with Gasteiger partial charge in [-0.15, -0.1) is 0 Å². The summed E-state index contributed by atoms with van der Waals surface area (Å²) < 4.78 is 0. The summed E-state index contributed by atoms with van der Waals surface area (Å²) in [6.45, 7) is 1.16. The van der Waals surface area contributed by atoms with Gasteiger partial charge in [0.1, 0.15) is 5.82 Å². The second-order valence-corrected chi connectivity index (χ2v) is 6.02. The maximum atomic E-state index is 12.7. The van der Waals surface area contributed by atoms with Crippen LogP contribution in [0.3, 0.4) is 0 Å². The predicted octanol–water partition coefficient (Wildman–Crippen LogP) is 3.18. The summed E-state index contributed by atoms with van der Waals surface area (Å²) in [6.07, 6.45) is 4.65. The lowest BCUT2D eigenvalue weighted by atomic mass is 10.2. The molecular weight excluding hydrogens is 342 g/mol. The quantitative estimate of drug-likeness (QED) is 0.776. The molecule has 1 aliphatic heterocycles. The van der Waals surface area contributed by atoms with E-state index in [9.17, 15) is 9.59 Å². The predicted molar refractivity (Wildman–Crippen MR) is 103 cm³/mol. The van der Waals surface area contributed by atoms with Crippen LogP contribution in [0.25, 0.3) is 0 Å². The highest BCUT2D eigenvalue weighted by molar-refractivity contribution is 6.06. The molecule has 3 aromatic rings. The number of amides is 3. The van der Waals surface area contributed by atoms with Crippen LogP contribution < -0.4 is 15.1 Å². The second kappa shape index (κ2) is 7.25. The van der Waals surface area contributed by atoms with E-state index in [2.05, 4.69) is 15.3 Å². The second-order valence-electron chi connectivity index (χ2n) is 6.02. The van der Waals surface area contributed by atoms with Crippen LogP contribution in [0.15, 0.2) is 73.2 Å². The standard InChI is InChI=1S/C20H17N5O2/c26-19(15-5-4-10-21-13-15)23-16-8-9-18(22-14-16)25-12-11-24(20(25)27)17-6-2-1-3-7-17/h1-10,13-14H,11-12H2,(H,23,26). The summed E-state index contributed by atoms with van der Waals surface area (Å²) in [4.78, 5) is 36.5. The fourth-order valence-corrected chi connectivity index (χ4v) is 2.92. The highest BCUT2D eigenvalue weighted by Gasteiger charge is 2.31. The fourth-order valence-electron chi connectivity index (χ4n) is 2.92. The first-order valence-electron chi connectivity index (χ1n) is 8.54.